The first-order valence-electron chi connectivity index (χ1n) is 10.8. The number of nitrogens with two attached hydrogens (primary N) is 1. The van der Waals surface area contributed by atoms with Gasteiger partial charge in [0, 0.05) is 12.1 Å². The number of rotatable bonds is 10. The number of amidine groups is 1. The maximum atomic E-state index is 13.0. The Balaban J connectivity index is 1.57. The van der Waals surface area contributed by atoms with E-state index in [1.807, 2.05) is 24.3 Å². The summed E-state index contributed by atoms with van der Waals surface area (Å²) in [5.74, 6) is -1.94. The molecule has 0 bridgehead atoms. The molecule has 174 valence electrons. The minimum atomic E-state index is -1.05. The first-order valence-corrected chi connectivity index (χ1v) is 10.8. The number of carboxylic acids is 1. The molecule has 0 unspecified atom stereocenters. The van der Waals surface area contributed by atoms with Crippen LogP contribution < -0.4 is 21.7 Å². The van der Waals surface area contributed by atoms with E-state index in [2.05, 4.69) is 16.0 Å². The van der Waals surface area contributed by atoms with Crippen molar-refractivity contribution in [3.63, 3.8) is 0 Å². The van der Waals surface area contributed by atoms with E-state index in [4.69, 9.17) is 16.2 Å². The Morgan fingerprint density at radius 1 is 1.06 bits per heavy atom. The average Bonchev–Trinajstić information content (AvgIpc) is 3.21. The standard InChI is InChI=1S/C24H29N5O4/c1-14(23(32)28-12-15-6-8-16(9-7-15)22(25)26)29-24(33)21(27-13-20(30)31)19-10-17-4-2-3-5-18(17)11-19/h2-9,14,19,21,27H,10-13H2,1H3,(H3,25,26)(H,28,32)(H,29,33)(H,30,31)/t14-,21+/m0/s1. The molecule has 2 aromatic carbocycles. The first kappa shape index (κ1) is 23.9. The average molecular weight is 452 g/mol. The molecular formula is C24H29N5O4. The lowest BCUT2D eigenvalue weighted by atomic mass is 9.95. The van der Waals surface area contributed by atoms with Crippen LogP contribution in [0.1, 0.15) is 29.2 Å². The summed E-state index contributed by atoms with van der Waals surface area (Å²) in [5, 5.41) is 24.8. The van der Waals surface area contributed by atoms with Crippen molar-refractivity contribution in [2.45, 2.75) is 38.4 Å². The van der Waals surface area contributed by atoms with Crippen LogP contribution in [0.5, 0.6) is 0 Å². The van der Waals surface area contributed by atoms with Gasteiger partial charge < -0.3 is 21.5 Å². The number of amides is 2. The van der Waals surface area contributed by atoms with E-state index in [1.165, 1.54) is 0 Å². The molecule has 0 aromatic heterocycles. The molecule has 0 saturated carbocycles. The molecule has 7 N–H and O–H groups in total. The van der Waals surface area contributed by atoms with Crippen molar-refractivity contribution in [3.8, 4) is 0 Å². The summed E-state index contributed by atoms with van der Waals surface area (Å²) in [6.07, 6.45) is 1.33. The third-order valence-electron chi connectivity index (χ3n) is 5.79. The van der Waals surface area contributed by atoms with Crippen molar-refractivity contribution in [1.82, 2.24) is 16.0 Å². The lowest BCUT2D eigenvalue weighted by Gasteiger charge is -2.25. The Kier molecular flexibility index (Phi) is 7.78. The Morgan fingerprint density at radius 3 is 2.21 bits per heavy atom. The molecule has 1 aliphatic rings. The maximum absolute atomic E-state index is 13.0. The minimum absolute atomic E-state index is 0.0293. The van der Waals surface area contributed by atoms with Gasteiger partial charge in [-0.25, -0.2) is 0 Å². The second-order valence-corrected chi connectivity index (χ2v) is 8.25. The topological polar surface area (TPSA) is 157 Å². The first-order chi connectivity index (χ1) is 15.7. The smallest absolute Gasteiger partial charge is 0.317 e. The van der Waals surface area contributed by atoms with E-state index >= 15 is 0 Å². The summed E-state index contributed by atoms with van der Waals surface area (Å²) >= 11 is 0. The van der Waals surface area contributed by atoms with Gasteiger partial charge in [0.05, 0.1) is 12.6 Å². The van der Waals surface area contributed by atoms with E-state index in [0.717, 1.165) is 16.7 Å². The van der Waals surface area contributed by atoms with E-state index in [9.17, 15) is 14.4 Å². The number of carboxylic acid groups (broad SMARTS) is 1. The highest BCUT2D eigenvalue weighted by atomic mass is 16.4. The molecule has 0 aliphatic heterocycles. The zero-order chi connectivity index (χ0) is 24.0. The highest BCUT2D eigenvalue weighted by molar-refractivity contribution is 5.95. The van der Waals surface area contributed by atoms with Crippen LogP contribution in [-0.2, 0) is 33.8 Å². The van der Waals surface area contributed by atoms with Gasteiger partial charge in [0.15, 0.2) is 0 Å². The lowest BCUT2D eigenvalue weighted by molar-refractivity contribution is -0.136. The summed E-state index contributed by atoms with van der Waals surface area (Å²) in [4.78, 5) is 36.6. The Morgan fingerprint density at radius 2 is 1.67 bits per heavy atom. The summed E-state index contributed by atoms with van der Waals surface area (Å²) < 4.78 is 0. The van der Waals surface area contributed by atoms with Gasteiger partial charge in [0.2, 0.25) is 11.8 Å². The van der Waals surface area contributed by atoms with Crippen LogP contribution in [0.3, 0.4) is 0 Å². The predicted octanol–water partition coefficient (Wildman–Crippen LogP) is 0.549. The highest BCUT2D eigenvalue weighted by Crippen LogP contribution is 2.28. The van der Waals surface area contributed by atoms with Crippen LogP contribution in [0, 0.1) is 11.3 Å². The van der Waals surface area contributed by atoms with Crippen LogP contribution >= 0.6 is 0 Å². The van der Waals surface area contributed by atoms with Crippen molar-refractivity contribution in [2.24, 2.45) is 11.7 Å². The van der Waals surface area contributed by atoms with Gasteiger partial charge in [0.25, 0.3) is 0 Å². The molecule has 0 saturated heterocycles. The number of hydrogen-bond donors (Lipinski definition) is 6. The molecule has 0 spiro atoms. The van der Waals surface area contributed by atoms with Crippen LogP contribution in [0.2, 0.25) is 0 Å². The number of aliphatic carboxylic acids is 1. The molecule has 0 fully saturated rings. The van der Waals surface area contributed by atoms with Crippen molar-refractivity contribution >= 4 is 23.6 Å². The molecule has 2 atom stereocenters. The summed E-state index contributed by atoms with van der Waals surface area (Å²) in [5.41, 5.74) is 9.17. The highest BCUT2D eigenvalue weighted by Gasteiger charge is 2.34. The second-order valence-electron chi connectivity index (χ2n) is 8.25. The molecule has 33 heavy (non-hydrogen) atoms. The molecule has 0 heterocycles. The number of fused-ring (bicyclic) bond motifs is 1. The molecule has 2 amide bonds. The summed E-state index contributed by atoms with van der Waals surface area (Å²) in [6.45, 7) is 1.50. The normalized spacial score (nSPS) is 14.7. The van der Waals surface area contributed by atoms with Crippen LogP contribution in [-0.4, -0.2) is 47.4 Å². The molecule has 1 aliphatic carbocycles. The van der Waals surface area contributed by atoms with Gasteiger partial charge in [-0.1, -0.05) is 48.5 Å². The Bertz CT molecular complexity index is 1010. The zero-order valence-corrected chi connectivity index (χ0v) is 18.4. The largest absolute Gasteiger partial charge is 0.480 e. The van der Waals surface area contributed by atoms with Crippen molar-refractivity contribution in [2.75, 3.05) is 6.54 Å². The van der Waals surface area contributed by atoms with Crippen molar-refractivity contribution in [1.29, 1.82) is 5.41 Å². The van der Waals surface area contributed by atoms with Crippen LogP contribution in [0.15, 0.2) is 48.5 Å². The molecule has 9 heteroatoms. The van der Waals surface area contributed by atoms with Gasteiger partial charge in [-0.3, -0.25) is 25.1 Å². The monoisotopic (exact) mass is 451 g/mol. The van der Waals surface area contributed by atoms with Crippen LogP contribution in [0.25, 0.3) is 0 Å². The van der Waals surface area contributed by atoms with E-state index in [1.54, 1.807) is 31.2 Å². The third-order valence-corrected chi connectivity index (χ3v) is 5.79. The molecular weight excluding hydrogens is 422 g/mol. The summed E-state index contributed by atoms with van der Waals surface area (Å²) in [7, 11) is 0. The SMILES string of the molecule is C[C@H](NC(=O)[C@H](NCC(=O)O)C1Cc2ccccc2C1)C(=O)NCc1ccc(C(=N)N)cc1. The van der Waals surface area contributed by atoms with E-state index < -0.39 is 24.0 Å². The predicted molar refractivity (Wildman–Crippen MR) is 124 cm³/mol. The second kappa shape index (κ2) is 10.7. The number of carbonyl (C=O) groups is 3. The van der Waals surface area contributed by atoms with Gasteiger partial charge in [-0.2, -0.15) is 0 Å². The van der Waals surface area contributed by atoms with Crippen molar-refractivity contribution in [3.05, 3.63) is 70.8 Å². The molecule has 2 aromatic rings. The van der Waals surface area contributed by atoms with Crippen molar-refractivity contribution < 1.29 is 19.5 Å². The zero-order valence-electron chi connectivity index (χ0n) is 18.4. The number of carbonyl (C=O) groups excluding carboxylic acids is 2. The fourth-order valence-corrected chi connectivity index (χ4v) is 4.01. The lowest BCUT2D eigenvalue weighted by Crippen LogP contribution is -2.55. The number of nitrogen functional groups attached to an aromatic ring is 1. The van der Waals surface area contributed by atoms with Crippen LogP contribution in [0.4, 0.5) is 0 Å². The minimum Gasteiger partial charge on any atom is -0.480 e. The van der Waals surface area contributed by atoms with Gasteiger partial charge in [-0.05, 0) is 42.4 Å². The van der Waals surface area contributed by atoms with E-state index in [-0.39, 0.29) is 30.8 Å². The van der Waals surface area contributed by atoms with E-state index in [0.29, 0.717) is 18.4 Å². The van der Waals surface area contributed by atoms with Gasteiger partial charge >= 0.3 is 5.97 Å². The van der Waals surface area contributed by atoms with Gasteiger partial charge in [0.1, 0.15) is 11.9 Å². The Hall–Kier alpha value is -3.72. The third kappa shape index (κ3) is 6.39. The summed E-state index contributed by atoms with van der Waals surface area (Å²) in [6, 6.07) is 13.3. The quantitative estimate of drug-likeness (QED) is 0.229. The Labute approximate surface area is 192 Å². The molecule has 0 radical (unpaired) electrons. The number of hydrogen-bond acceptors (Lipinski definition) is 5. The van der Waals surface area contributed by atoms with Gasteiger partial charge in [-0.15, -0.1) is 0 Å². The number of benzene rings is 2. The fraction of sp³-hybridized carbons (Fsp3) is 0.333. The molecule has 9 nitrogen and oxygen atoms in total. The maximum Gasteiger partial charge on any atom is 0.317 e. The fourth-order valence-electron chi connectivity index (χ4n) is 4.01. The molecule has 3 rings (SSSR count). The number of nitrogens with one attached hydrogen (secondary N) is 4.